The van der Waals surface area contributed by atoms with Crippen molar-refractivity contribution in [1.29, 1.82) is 0 Å². The summed E-state index contributed by atoms with van der Waals surface area (Å²) in [5.74, 6) is 0.759. The molecule has 1 aromatic carbocycles. The van der Waals surface area contributed by atoms with Crippen molar-refractivity contribution in [2.24, 2.45) is 11.7 Å². The number of hydrogen-bond donors (Lipinski definition) is 2. The summed E-state index contributed by atoms with van der Waals surface area (Å²) in [4.78, 5) is 40.6. The summed E-state index contributed by atoms with van der Waals surface area (Å²) >= 11 is 0. The molecule has 0 aliphatic heterocycles. The topological polar surface area (TPSA) is 111 Å². The minimum atomic E-state index is -0.854. The Labute approximate surface area is 187 Å². The van der Waals surface area contributed by atoms with Gasteiger partial charge in [0.05, 0.1) is 5.69 Å². The van der Waals surface area contributed by atoms with Gasteiger partial charge in [-0.1, -0.05) is 18.2 Å². The Morgan fingerprint density at radius 1 is 0.969 bits per heavy atom. The van der Waals surface area contributed by atoms with Gasteiger partial charge in [0.2, 0.25) is 0 Å². The molecule has 0 radical (unpaired) electrons. The third kappa shape index (κ3) is 4.98. The molecule has 4 rings (SSSR count). The summed E-state index contributed by atoms with van der Waals surface area (Å²) in [5, 5.41) is 2.64. The van der Waals surface area contributed by atoms with Crippen LogP contribution in [0.1, 0.15) is 88.0 Å². The second kappa shape index (κ2) is 9.51. The largest absolute Gasteiger partial charge is 0.443 e. The van der Waals surface area contributed by atoms with Crippen molar-refractivity contribution in [3.63, 3.8) is 0 Å². The molecule has 32 heavy (non-hydrogen) atoms. The van der Waals surface area contributed by atoms with Crippen LogP contribution in [0.15, 0.2) is 36.4 Å². The fraction of sp³-hybridized carbons (Fsp3) is 0.440. The predicted molar refractivity (Wildman–Crippen MR) is 119 cm³/mol. The van der Waals surface area contributed by atoms with E-state index >= 15 is 0 Å². The van der Waals surface area contributed by atoms with Gasteiger partial charge in [-0.05, 0) is 79.7 Å². The van der Waals surface area contributed by atoms with E-state index < -0.39 is 6.09 Å². The van der Waals surface area contributed by atoms with E-state index in [0.29, 0.717) is 28.8 Å². The maximum atomic E-state index is 13.4. The van der Waals surface area contributed by atoms with E-state index in [4.69, 9.17) is 10.5 Å². The third-order valence-corrected chi connectivity index (χ3v) is 6.57. The number of Topliss-reactive ketones (excluding diaryl/α,β-unsaturated/α-hetero) is 1. The predicted octanol–water partition coefficient (Wildman–Crippen LogP) is 4.07. The first-order valence-electron chi connectivity index (χ1n) is 11.2. The van der Waals surface area contributed by atoms with Crippen LogP contribution >= 0.6 is 0 Å². The van der Waals surface area contributed by atoms with Crippen molar-refractivity contribution >= 4 is 17.8 Å². The Morgan fingerprint density at radius 3 is 2.22 bits per heavy atom. The lowest BCUT2D eigenvalue weighted by Gasteiger charge is -2.28. The summed E-state index contributed by atoms with van der Waals surface area (Å²) in [7, 11) is 1.62. The highest BCUT2D eigenvalue weighted by Gasteiger charge is 2.34. The normalized spacial score (nSPS) is 20.4. The molecule has 2 aliphatic carbocycles. The lowest BCUT2D eigenvalue weighted by Crippen LogP contribution is -2.24. The Hall–Kier alpha value is -3.22. The molecule has 0 unspecified atom stereocenters. The van der Waals surface area contributed by atoms with Gasteiger partial charge in [-0.15, -0.1) is 0 Å². The first-order chi connectivity index (χ1) is 15.5. The molecule has 2 aromatic rings. The number of aromatic nitrogens is 1. The summed E-state index contributed by atoms with van der Waals surface area (Å²) < 4.78 is 4.86. The lowest BCUT2D eigenvalue weighted by atomic mass is 9.76. The van der Waals surface area contributed by atoms with Crippen molar-refractivity contribution < 1.29 is 19.1 Å². The third-order valence-electron chi connectivity index (χ3n) is 6.57. The lowest BCUT2D eigenvalue weighted by molar-refractivity contribution is 0.0876. The van der Waals surface area contributed by atoms with Gasteiger partial charge >= 0.3 is 6.09 Å². The molecular formula is C25H29N3O4. The minimum absolute atomic E-state index is 0.0284. The molecular weight excluding hydrogens is 406 g/mol. The Balaban J connectivity index is 1.43. The number of benzene rings is 1. The monoisotopic (exact) mass is 435 g/mol. The minimum Gasteiger partial charge on any atom is -0.443 e. The highest BCUT2D eigenvalue weighted by Crippen LogP contribution is 2.43. The number of amides is 2. The van der Waals surface area contributed by atoms with Crippen LogP contribution in [0.2, 0.25) is 0 Å². The van der Waals surface area contributed by atoms with Crippen LogP contribution in [0.4, 0.5) is 4.79 Å². The zero-order chi connectivity index (χ0) is 22.7. The number of hydrogen-bond acceptors (Lipinski definition) is 5. The fourth-order valence-electron chi connectivity index (χ4n) is 4.59. The number of ketones is 1. The molecule has 0 saturated heterocycles. The highest BCUT2D eigenvalue weighted by molar-refractivity contribution is 5.98. The zero-order valence-corrected chi connectivity index (χ0v) is 18.3. The number of primary amides is 1. The summed E-state index contributed by atoms with van der Waals surface area (Å²) in [5.41, 5.74) is 9.02. The molecule has 7 heteroatoms. The molecule has 1 aromatic heterocycles. The molecule has 0 atom stereocenters. The van der Waals surface area contributed by atoms with Gasteiger partial charge in [0.1, 0.15) is 12.3 Å². The Morgan fingerprint density at radius 2 is 1.62 bits per heavy atom. The van der Waals surface area contributed by atoms with Crippen LogP contribution in [-0.2, 0) is 11.3 Å². The first kappa shape index (κ1) is 22.0. The quantitative estimate of drug-likeness (QED) is 0.637. The number of carbonyl (C=O) groups excluding carboxylic acids is 3. The Kier molecular flexibility index (Phi) is 6.53. The number of pyridine rings is 1. The van der Waals surface area contributed by atoms with Crippen molar-refractivity contribution in [3.8, 4) is 0 Å². The van der Waals surface area contributed by atoms with E-state index in [1.807, 2.05) is 36.4 Å². The summed E-state index contributed by atoms with van der Waals surface area (Å²) in [6, 6.07) is 11.5. The maximum absolute atomic E-state index is 13.4. The van der Waals surface area contributed by atoms with E-state index in [2.05, 4.69) is 10.3 Å². The number of nitrogens with zero attached hydrogens (tertiary/aromatic N) is 1. The van der Waals surface area contributed by atoms with Crippen molar-refractivity contribution in [1.82, 2.24) is 10.3 Å². The molecule has 7 nitrogen and oxygen atoms in total. The smallest absolute Gasteiger partial charge is 0.404 e. The van der Waals surface area contributed by atoms with E-state index in [9.17, 15) is 14.4 Å². The van der Waals surface area contributed by atoms with Crippen LogP contribution in [0.25, 0.3) is 0 Å². The van der Waals surface area contributed by atoms with Crippen LogP contribution in [0, 0.1) is 5.92 Å². The molecule has 0 bridgehead atoms. The van der Waals surface area contributed by atoms with Gasteiger partial charge in [-0.25, -0.2) is 9.78 Å². The molecule has 2 aliphatic rings. The molecule has 2 amide bonds. The second-order valence-electron chi connectivity index (χ2n) is 8.74. The fourth-order valence-corrected chi connectivity index (χ4v) is 4.59. The number of nitrogens with two attached hydrogens (primary N) is 1. The maximum Gasteiger partial charge on any atom is 0.404 e. The zero-order valence-electron chi connectivity index (χ0n) is 18.3. The van der Waals surface area contributed by atoms with Crippen molar-refractivity contribution in [2.75, 3.05) is 7.05 Å². The van der Waals surface area contributed by atoms with E-state index in [1.54, 1.807) is 7.05 Å². The molecule has 2 fully saturated rings. The van der Waals surface area contributed by atoms with Crippen LogP contribution in [0.3, 0.4) is 0 Å². The van der Waals surface area contributed by atoms with Gasteiger partial charge in [0.25, 0.3) is 5.91 Å². The first-order valence-corrected chi connectivity index (χ1v) is 11.2. The SMILES string of the molecule is CNC(=O)c1ccc(C2CCC(C(=O)c3nc(COC(N)=O)ccc3C3CC3)CC2)cc1. The summed E-state index contributed by atoms with van der Waals surface area (Å²) in [6.07, 6.45) is 4.80. The van der Waals surface area contributed by atoms with E-state index in [-0.39, 0.29) is 24.2 Å². The average molecular weight is 436 g/mol. The van der Waals surface area contributed by atoms with Crippen molar-refractivity contribution in [3.05, 3.63) is 64.5 Å². The number of nitrogens with one attached hydrogen (secondary N) is 1. The number of ether oxygens (including phenoxy) is 1. The molecule has 168 valence electrons. The van der Waals surface area contributed by atoms with Crippen LogP contribution < -0.4 is 11.1 Å². The van der Waals surface area contributed by atoms with E-state index in [1.165, 1.54) is 5.56 Å². The standard InChI is InChI=1S/C25H29N3O4/c1-27-24(30)19-10-4-16(5-11-19)15-2-8-18(9-3-15)23(29)22-21(17-6-7-17)13-12-20(28-22)14-32-25(26)31/h4-5,10-13,15,17-18H,2-3,6-9,14H2,1H3,(H2,26,31)(H,27,30). The molecule has 1 heterocycles. The van der Waals surface area contributed by atoms with Gasteiger partial charge in [-0.3, -0.25) is 9.59 Å². The van der Waals surface area contributed by atoms with Crippen LogP contribution in [0.5, 0.6) is 0 Å². The number of rotatable bonds is 7. The van der Waals surface area contributed by atoms with Crippen LogP contribution in [-0.4, -0.2) is 29.8 Å². The summed E-state index contributed by atoms with van der Waals surface area (Å²) in [6.45, 7) is -0.0284. The van der Waals surface area contributed by atoms with Gasteiger partial charge in [0.15, 0.2) is 5.78 Å². The van der Waals surface area contributed by atoms with E-state index in [0.717, 1.165) is 44.1 Å². The molecule has 3 N–H and O–H groups in total. The average Bonchev–Trinajstić information content (AvgIpc) is 3.67. The Bertz CT molecular complexity index is 1010. The molecule has 0 spiro atoms. The molecule has 2 saturated carbocycles. The highest BCUT2D eigenvalue weighted by atomic mass is 16.5. The van der Waals surface area contributed by atoms with Gasteiger partial charge in [0, 0.05) is 18.5 Å². The van der Waals surface area contributed by atoms with Crippen molar-refractivity contribution in [2.45, 2.75) is 57.0 Å². The van der Waals surface area contributed by atoms with Gasteiger partial charge in [-0.2, -0.15) is 0 Å². The second-order valence-corrected chi connectivity index (χ2v) is 8.74. The number of carbonyl (C=O) groups is 3. The van der Waals surface area contributed by atoms with Gasteiger partial charge < -0.3 is 15.8 Å².